The summed E-state index contributed by atoms with van der Waals surface area (Å²) in [5.41, 5.74) is 2.31. The number of anilines is 1. The van der Waals surface area contributed by atoms with Crippen LogP contribution >= 0.6 is 27.5 Å². The summed E-state index contributed by atoms with van der Waals surface area (Å²) in [6.07, 6.45) is 1.79. The van der Waals surface area contributed by atoms with Crippen LogP contribution in [-0.2, 0) is 13.2 Å². The lowest BCUT2D eigenvalue weighted by Crippen LogP contribution is -2.13. The van der Waals surface area contributed by atoms with Crippen molar-refractivity contribution >= 4 is 39.3 Å². The van der Waals surface area contributed by atoms with E-state index in [-0.39, 0.29) is 11.7 Å². The van der Waals surface area contributed by atoms with Gasteiger partial charge in [0.2, 0.25) is 0 Å². The van der Waals surface area contributed by atoms with Crippen molar-refractivity contribution in [3.63, 3.8) is 0 Å². The van der Waals surface area contributed by atoms with Gasteiger partial charge < -0.3 is 10.1 Å². The van der Waals surface area contributed by atoms with Gasteiger partial charge in [-0.25, -0.2) is 4.39 Å². The van der Waals surface area contributed by atoms with Crippen LogP contribution < -0.4 is 10.1 Å². The van der Waals surface area contributed by atoms with E-state index in [1.807, 2.05) is 36.4 Å². The molecule has 0 aliphatic carbocycles. The molecule has 0 fully saturated rings. The molecule has 0 aliphatic rings. The lowest BCUT2D eigenvalue weighted by molar-refractivity contribution is 0.102. The van der Waals surface area contributed by atoms with E-state index in [0.29, 0.717) is 39.8 Å². The number of rotatable bonds is 7. The molecule has 1 amide bonds. The molecule has 5 nitrogen and oxygen atoms in total. The second kappa shape index (κ2) is 9.97. The van der Waals surface area contributed by atoms with Gasteiger partial charge in [0.1, 0.15) is 18.2 Å². The predicted molar refractivity (Wildman–Crippen MR) is 126 cm³/mol. The number of ether oxygens (including phenoxy) is 1. The molecule has 0 bridgehead atoms. The van der Waals surface area contributed by atoms with Crippen LogP contribution in [0.5, 0.6) is 5.75 Å². The van der Waals surface area contributed by atoms with Gasteiger partial charge >= 0.3 is 0 Å². The summed E-state index contributed by atoms with van der Waals surface area (Å²) >= 11 is 9.65. The summed E-state index contributed by atoms with van der Waals surface area (Å²) < 4.78 is 21.0. The van der Waals surface area contributed by atoms with Gasteiger partial charge in [-0.1, -0.05) is 41.9 Å². The van der Waals surface area contributed by atoms with Crippen molar-refractivity contribution in [1.29, 1.82) is 0 Å². The molecule has 0 radical (unpaired) electrons. The number of aromatic nitrogens is 2. The maximum Gasteiger partial charge on any atom is 0.256 e. The van der Waals surface area contributed by atoms with E-state index in [9.17, 15) is 9.18 Å². The summed E-state index contributed by atoms with van der Waals surface area (Å²) in [6.45, 7) is 0.794. The van der Waals surface area contributed by atoms with Crippen LogP contribution in [0.15, 0.2) is 83.5 Å². The van der Waals surface area contributed by atoms with E-state index >= 15 is 0 Å². The molecular weight excluding hydrogens is 497 g/mol. The molecule has 1 aromatic heterocycles. The molecule has 4 rings (SSSR count). The van der Waals surface area contributed by atoms with Crippen molar-refractivity contribution in [2.24, 2.45) is 0 Å². The van der Waals surface area contributed by atoms with E-state index < -0.39 is 0 Å². The molecule has 162 valence electrons. The molecule has 1 N–H and O–H groups in total. The smallest absolute Gasteiger partial charge is 0.256 e. The molecule has 0 atom stereocenters. The second-order valence-corrected chi connectivity index (χ2v) is 8.27. The van der Waals surface area contributed by atoms with Crippen LogP contribution in [0.25, 0.3) is 0 Å². The fourth-order valence-corrected chi connectivity index (χ4v) is 3.60. The SMILES string of the molecule is O=C(Nc1nn(Cc2ccccc2Cl)cc1Br)c1ccc(COc2ccc(F)cc2)cc1. The number of benzene rings is 3. The molecule has 1 heterocycles. The van der Waals surface area contributed by atoms with Crippen LogP contribution in [-0.4, -0.2) is 15.7 Å². The second-order valence-electron chi connectivity index (χ2n) is 7.01. The topological polar surface area (TPSA) is 56.2 Å². The fraction of sp³-hybridized carbons (Fsp3) is 0.0833. The van der Waals surface area contributed by atoms with Crippen LogP contribution in [0.1, 0.15) is 21.5 Å². The van der Waals surface area contributed by atoms with Crippen LogP contribution in [0.3, 0.4) is 0 Å². The zero-order chi connectivity index (χ0) is 22.5. The first-order chi connectivity index (χ1) is 15.5. The van der Waals surface area contributed by atoms with Crippen LogP contribution in [0.2, 0.25) is 5.02 Å². The zero-order valence-corrected chi connectivity index (χ0v) is 19.1. The lowest BCUT2D eigenvalue weighted by atomic mass is 10.1. The van der Waals surface area contributed by atoms with Gasteiger partial charge in [-0.2, -0.15) is 5.10 Å². The number of hydrogen-bond acceptors (Lipinski definition) is 3. The Morgan fingerprint density at radius 1 is 1.06 bits per heavy atom. The first-order valence-electron chi connectivity index (χ1n) is 9.73. The summed E-state index contributed by atoms with van der Waals surface area (Å²) in [4.78, 5) is 12.6. The monoisotopic (exact) mass is 513 g/mol. The van der Waals surface area contributed by atoms with E-state index in [2.05, 4.69) is 26.3 Å². The maximum atomic E-state index is 13.0. The highest BCUT2D eigenvalue weighted by atomic mass is 79.9. The van der Waals surface area contributed by atoms with Crippen molar-refractivity contribution in [3.05, 3.63) is 111 Å². The largest absolute Gasteiger partial charge is 0.489 e. The molecule has 0 saturated heterocycles. The maximum absolute atomic E-state index is 13.0. The highest BCUT2D eigenvalue weighted by molar-refractivity contribution is 9.10. The molecule has 0 aliphatic heterocycles. The lowest BCUT2D eigenvalue weighted by Gasteiger charge is -2.07. The molecular formula is C24H18BrClFN3O2. The Hall–Kier alpha value is -3.16. The van der Waals surface area contributed by atoms with E-state index in [4.69, 9.17) is 16.3 Å². The number of carbonyl (C=O) groups is 1. The number of nitrogens with one attached hydrogen (secondary N) is 1. The van der Waals surface area contributed by atoms with Gasteiger partial charge in [0.15, 0.2) is 5.82 Å². The Labute approximate surface area is 197 Å². The Bertz CT molecular complexity index is 1230. The minimum Gasteiger partial charge on any atom is -0.489 e. The molecule has 4 aromatic rings. The predicted octanol–water partition coefficient (Wildman–Crippen LogP) is 6.32. The van der Waals surface area contributed by atoms with Gasteiger partial charge in [0.25, 0.3) is 5.91 Å². The Morgan fingerprint density at radius 2 is 1.78 bits per heavy atom. The summed E-state index contributed by atoms with van der Waals surface area (Å²) in [6, 6.07) is 20.4. The van der Waals surface area contributed by atoms with Crippen molar-refractivity contribution < 1.29 is 13.9 Å². The molecule has 0 unspecified atom stereocenters. The minimum absolute atomic E-state index is 0.278. The third-order valence-corrected chi connectivity index (χ3v) is 5.62. The normalized spacial score (nSPS) is 10.7. The number of carbonyl (C=O) groups excluding carboxylic acids is 1. The summed E-state index contributed by atoms with van der Waals surface area (Å²) in [5, 5.41) is 7.90. The highest BCUT2D eigenvalue weighted by Crippen LogP contribution is 2.23. The Balaban J connectivity index is 1.37. The standard InChI is InChI=1S/C24H18BrClFN3O2/c25-21-14-30(13-18-3-1-2-4-22(18)26)29-23(21)28-24(31)17-7-5-16(6-8-17)15-32-20-11-9-19(27)10-12-20/h1-12,14H,13,15H2,(H,28,29,31). The first kappa shape index (κ1) is 22.0. The zero-order valence-electron chi connectivity index (χ0n) is 16.8. The molecule has 8 heteroatoms. The van der Waals surface area contributed by atoms with Crippen LogP contribution in [0, 0.1) is 5.82 Å². The van der Waals surface area contributed by atoms with Crippen molar-refractivity contribution in [2.75, 3.05) is 5.32 Å². The van der Waals surface area contributed by atoms with Crippen LogP contribution in [0.4, 0.5) is 10.2 Å². The van der Waals surface area contributed by atoms with Crippen molar-refractivity contribution in [3.8, 4) is 5.75 Å². The van der Waals surface area contributed by atoms with Gasteiger partial charge in [-0.3, -0.25) is 9.48 Å². The van der Waals surface area contributed by atoms with E-state index in [0.717, 1.165) is 11.1 Å². The van der Waals surface area contributed by atoms with Crippen molar-refractivity contribution in [2.45, 2.75) is 13.2 Å². The molecule has 0 saturated carbocycles. The number of amides is 1. The third-order valence-electron chi connectivity index (χ3n) is 4.67. The highest BCUT2D eigenvalue weighted by Gasteiger charge is 2.13. The fourth-order valence-electron chi connectivity index (χ4n) is 2.99. The Morgan fingerprint density at radius 3 is 2.50 bits per heavy atom. The summed E-state index contributed by atoms with van der Waals surface area (Å²) in [5.74, 6) is 0.406. The average molecular weight is 515 g/mol. The van der Waals surface area contributed by atoms with Gasteiger partial charge in [-0.05, 0) is 69.5 Å². The minimum atomic E-state index is -0.312. The van der Waals surface area contributed by atoms with Gasteiger partial charge in [0.05, 0.1) is 11.0 Å². The van der Waals surface area contributed by atoms with Crippen molar-refractivity contribution in [1.82, 2.24) is 9.78 Å². The molecule has 0 spiro atoms. The first-order valence-corrected chi connectivity index (χ1v) is 10.9. The van der Waals surface area contributed by atoms with E-state index in [1.54, 1.807) is 35.1 Å². The van der Waals surface area contributed by atoms with Gasteiger partial charge in [0, 0.05) is 16.8 Å². The summed E-state index contributed by atoms with van der Waals surface area (Å²) in [7, 11) is 0. The molecule has 32 heavy (non-hydrogen) atoms. The quantitative estimate of drug-likeness (QED) is 0.314. The average Bonchev–Trinajstić information content (AvgIpc) is 3.14. The number of halogens is 3. The Kier molecular flexibility index (Phi) is 6.87. The van der Waals surface area contributed by atoms with E-state index in [1.165, 1.54) is 12.1 Å². The number of nitrogens with zero attached hydrogens (tertiary/aromatic N) is 2. The third kappa shape index (κ3) is 5.55. The molecule has 3 aromatic carbocycles. The van der Waals surface area contributed by atoms with Gasteiger partial charge in [-0.15, -0.1) is 0 Å². The number of hydrogen-bond donors (Lipinski definition) is 1.